The molecule has 2 aliphatic rings. The molecule has 4 heteroatoms. The first-order valence-corrected chi connectivity index (χ1v) is 8.11. The summed E-state index contributed by atoms with van der Waals surface area (Å²) < 4.78 is 0. The highest BCUT2D eigenvalue weighted by Gasteiger charge is 2.56. The molecule has 1 N–H and O–H groups in total. The summed E-state index contributed by atoms with van der Waals surface area (Å²) in [5.41, 5.74) is -1.37. The van der Waals surface area contributed by atoms with Crippen LogP contribution in [-0.4, -0.2) is 33.8 Å². The predicted octanol–water partition coefficient (Wildman–Crippen LogP) is 2.61. The van der Waals surface area contributed by atoms with Crippen LogP contribution in [0.15, 0.2) is 0 Å². The van der Waals surface area contributed by atoms with Crippen molar-refractivity contribution < 1.29 is 9.59 Å². The summed E-state index contributed by atoms with van der Waals surface area (Å²) >= 11 is 0. The van der Waals surface area contributed by atoms with E-state index in [1.165, 1.54) is 12.8 Å². The second-order valence-corrected chi connectivity index (χ2v) is 6.49. The van der Waals surface area contributed by atoms with Crippen molar-refractivity contribution in [3.8, 4) is 0 Å². The molecule has 0 radical (unpaired) electrons. The van der Waals surface area contributed by atoms with Gasteiger partial charge in [-0.3, -0.25) is 9.59 Å². The fourth-order valence-electron chi connectivity index (χ4n) is 3.82. The van der Waals surface area contributed by atoms with Crippen LogP contribution in [0.2, 0.25) is 0 Å². The first-order chi connectivity index (χ1) is 9.45. The molecular formula is C16H28N2O2. The van der Waals surface area contributed by atoms with Gasteiger partial charge >= 0.3 is 0 Å². The van der Waals surface area contributed by atoms with Crippen molar-refractivity contribution in [1.29, 1.82) is 0 Å². The Balaban J connectivity index is 2.46. The van der Waals surface area contributed by atoms with Gasteiger partial charge in [0.2, 0.25) is 11.8 Å². The van der Waals surface area contributed by atoms with Gasteiger partial charge in [0.15, 0.2) is 0 Å². The Morgan fingerprint density at radius 1 is 1.10 bits per heavy atom. The molecule has 1 aliphatic heterocycles. The Kier molecular flexibility index (Phi) is 4.12. The monoisotopic (exact) mass is 280 g/mol. The van der Waals surface area contributed by atoms with E-state index in [1.807, 2.05) is 32.6 Å². The lowest BCUT2D eigenvalue weighted by molar-refractivity contribution is -0.167. The van der Waals surface area contributed by atoms with Crippen LogP contribution < -0.4 is 5.32 Å². The molecule has 4 nitrogen and oxygen atoms in total. The lowest BCUT2D eigenvalue weighted by Crippen LogP contribution is -2.76. The summed E-state index contributed by atoms with van der Waals surface area (Å²) in [6.07, 6.45) is 6.45. The zero-order valence-corrected chi connectivity index (χ0v) is 13.3. The molecular weight excluding hydrogens is 252 g/mol. The van der Waals surface area contributed by atoms with Gasteiger partial charge in [-0.2, -0.15) is 0 Å². The van der Waals surface area contributed by atoms with Gasteiger partial charge in [-0.1, -0.05) is 33.6 Å². The maximum Gasteiger partial charge on any atom is 0.249 e. The fourth-order valence-corrected chi connectivity index (χ4v) is 3.82. The minimum atomic E-state index is -0.729. The maximum atomic E-state index is 13.1. The second kappa shape index (κ2) is 5.38. The Morgan fingerprint density at radius 2 is 1.65 bits per heavy atom. The highest BCUT2D eigenvalue weighted by atomic mass is 16.2. The van der Waals surface area contributed by atoms with E-state index in [0.29, 0.717) is 19.3 Å². The number of carbonyl (C=O) groups excluding carboxylic acids is 2. The van der Waals surface area contributed by atoms with Gasteiger partial charge < -0.3 is 10.2 Å². The summed E-state index contributed by atoms with van der Waals surface area (Å²) in [6.45, 7) is 7.88. The van der Waals surface area contributed by atoms with E-state index in [2.05, 4.69) is 5.32 Å². The van der Waals surface area contributed by atoms with Crippen LogP contribution >= 0.6 is 0 Å². The van der Waals surface area contributed by atoms with E-state index < -0.39 is 11.1 Å². The molecule has 2 rings (SSSR count). The molecule has 0 aromatic heterocycles. The third kappa shape index (κ3) is 2.04. The number of hydrogen-bond acceptors (Lipinski definition) is 2. The molecule has 1 saturated carbocycles. The van der Waals surface area contributed by atoms with E-state index in [0.717, 1.165) is 12.8 Å². The molecule has 114 valence electrons. The number of carbonyl (C=O) groups is 2. The summed E-state index contributed by atoms with van der Waals surface area (Å²) in [6, 6.07) is 0.249. The third-order valence-corrected chi connectivity index (χ3v) is 5.53. The van der Waals surface area contributed by atoms with Gasteiger partial charge in [0.1, 0.15) is 11.1 Å². The highest BCUT2D eigenvalue weighted by molar-refractivity contribution is 6.02. The third-order valence-electron chi connectivity index (χ3n) is 5.53. The Bertz CT molecular complexity index is 397. The quantitative estimate of drug-likeness (QED) is 0.860. The lowest BCUT2D eigenvalue weighted by atomic mass is 9.80. The molecule has 1 heterocycles. The van der Waals surface area contributed by atoms with Crippen LogP contribution in [0.1, 0.15) is 72.6 Å². The van der Waals surface area contributed by atoms with Crippen LogP contribution in [0.4, 0.5) is 0 Å². The van der Waals surface area contributed by atoms with E-state index in [1.54, 1.807) is 0 Å². The number of hydrogen-bond donors (Lipinski definition) is 1. The van der Waals surface area contributed by atoms with Gasteiger partial charge in [0.25, 0.3) is 0 Å². The van der Waals surface area contributed by atoms with E-state index in [-0.39, 0.29) is 17.9 Å². The number of nitrogens with one attached hydrogen (secondary N) is 1. The van der Waals surface area contributed by atoms with Gasteiger partial charge in [0, 0.05) is 6.04 Å². The largest absolute Gasteiger partial charge is 0.340 e. The van der Waals surface area contributed by atoms with Crippen molar-refractivity contribution in [3.63, 3.8) is 0 Å². The first-order valence-electron chi connectivity index (χ1n) is 8.11. The van der Waals surface area contributed by atoms with Crippen LogP contribution in [0.3, 0.4) is 0 Å². The number of nitrogens with zero attached hydrogens (tertiary/aromatic N) is 1. The van der Waals surface area contributed by atoms with Crippen molar-refractivity contribution in [1.82, 2.24) is 10.2 Å². The zero-order chi connectivity index (χ0) is 15.0. The minimum Gasteiger partial charge on any atom is -0.340 e. The van der Waals surface area contributed by atoms with Crippen LogP contribution in [-0.2, 0) is 9.59 Å². The van der Waals surface area contributed by atoms with E-state index in [4.69, 9.17) is 0 Å². The topological polar surface area (TPSA) is 49.4 Å². The Hall–Kier alpha value is -1.06. The maximum absolute atomic E-state index is 13.1. The van der Waals surface area contributed by atoms with Crippen molar-refractivity contribution in [3.05, 3.63) is 0 Å². The Morgan fingerprint density at radius 3 is 2.10 bits per heavy atom. The van der Waals surface area contributed by atoms with Crippen molar-refractivity contribution >= 4 is 11.8 Å². The average Bonchev–Trinajstić information content (AvgIpc) is 2.96. The molecule has 0 aromatic carbocycles. The number of rotatable bonds is 4. The average molecular weight is 280 g/mol. The molecule has 1 saturated heterocycles. The molecule has 1 aliphatic carbocycles. The Labute approximate surface area is 122 Å². The minimum absolute atomic E-state index is 0.0401. The SMILES string of the molecule is CCC1(C)NC(=O)C(CC)(CC)N(C2CCCC2)C1=O. The van der Waals surface area contributed by atoms with Gasteiger partial charge in [0.05, 0.1) is 0 Å². The van der Waals surface area contributed by atoms with Gasteiger partial charge in [-0.15, -0.1) is 0 Å². The summed E-state index contributed by atoms with van der Waals surface area (Å²) in [5.74, 6) is 0.161. The fraction of sp³-hybridized carbons (Fsp3) is 0.875. The molecule has 0 aromatic rings. The predicted molar refractivity (Wildman–Crippen MR) is 79.3 cm³/mol. The van der Waals surface area contributed by atoms with E-state index >= 15 is 0 Å². The number of piperazine rings is 1. The molecule has 2 fully saturated rings. The summed E-state index contributed by atoms with van der Waals surface area (Å²) in [4.78, 5) is 27.8. The van der Waals surface area contributed by atoms with Crippen LogP contribution in [0, 0.1) is 0 Å². The van der Waals surface area contributed by atoms with E-state index in [9.17, 15) is 9.59 Å². The van der Waals surface area contributed by atoms with Crippen LogP contribution in [0.5, 0.6) is 0 Å². The molecule has 0 spiro atoms. The van der Waals surface area contributed by atoms with Gasteiger partial charge in [-0.25, -0.2) is 0 Å². The smallest absolute Gasteiger partial charge is 0.249 e. The first kappa shape index (κ1) is 15.3. The van der Waals surface area contributed by atoms with Gasteiger partial charge in [-0.05, 0) is 39.0 Å². The standard InChI is InChI=1S/C16H28N2O2/c1-5-15(4)14(20)18(12-10-8-9-11-12)16(6-2,7-3)13(19)17-15/h12H,5-11H2,1-4H3,(H,17,19). The summed E-state index contributed by atoms with van der Waals surface area (Å²) in [7, 11) is 0. The molecule has 2 amide bonds. The summed E-state index contributed by atoms with van der Waals surface area (Å²) in [5, 5.41) is 3.01. The normalized spacial score (nSPS) is 30.7. The van der Waals surface area contributed by atoms with Crippen molar-refractivity contribution in [2.75, 3.05) is 0 Å². The molecule has 1 atom stereocenters. The molecule has 1 unspecified atom stereocenters. The highest BCUT2D eigenvalue weighted by Crippen LogP contribution is 2.39. The van der Waals surface area contributed by atoms with Crippen LogP contribution in [0.25, 0.3) is 0 Å². The zero-order valence-electron chi connectivity index (χ0n) is 13.3. The lowest BCUT2D eigenvalue weighted by Gasteiger charge is -2.53. The number of amides is 2. The van der Waals surface area contributed by atoms with Crippen molar-refractivity contribution in [2.45, 2.75) is 89.8 Å². The molecule has 0 bridgehead atoms. The molecule has 20 heavy (non-hydrogen) atoms. The second-order valence-electron chi connectivity index (χ2n) is 6.49. The van der Waals surface area contributed by atoms with Crippen molar-refractivity contribution in [2.24, 2.45) is 0 Å².